The molecule has 4 heterocycles. The molecule has 0 unspecified atom stereocenters. The van der Waals surface area contributed by atoms with Gasteiger partial charge in [-0.15, -0.1) is 0 Å². The number of ether oxygens (including phenoxy) is 1. The summed E-state index contributed by atoms with van der Waals surface area (Å²) in [7, 11) is 0. The van der Waals surface area contributed by atoms with E-state index in [0.29, 0.717) is 66.1 Å². The van der Waals surface area contributed by atoms with Gasteiger partial charge in [-0.1, -0.05) is 24.3 Å². The second kappa shape index (κ2) is 12.2. The van der Waals surface area contributed by atoms with Gasteiger partial charge in [-0.25, -0.2) is 23.7 Å². The van der Waals surface area contributed by atoms with Crippen LogP contribution >= 0.6 is 0 Å². The van der Waals surface area contributed by atoms with Gasteiger partial charge in [0.05, 0.1) is 12.1 Å². The van der Waals surface area contributed by atoms with Crippen LogP contribution in [0.1, 0.15) is 42.7 Å². The van der Waals surface area contributed by atoms with Gasteiger partial charge >= 0.3 is 0 Å². The number of hydrogen-bond donors (Lipinski definition) is 1. The highest BCUT2D eigenvalue weighted by molar-refractivity contribution is 5.89. The van der Waals surface area contributed by atoms with Gasteiger partial charge in [-0.3, -0.25) is 9.69 Å². The highest BCUT2D eigenvalue weighted by atomic mass is 19.3. The quantitative estimate of drug-likeness (QED) is 0.296. The molecule has 2 aliphatic heterocycles. The largest absolute Gasteiger partial charge is 0.489 e. The molecule has 11 heteroatoms. The molecule has 42 heavy (non-hydrogen) atoms. The number of aromatic amines is 1. The van der Waals surface area contributed by atoms with Gasteiger partial charge in [0.15, 0.2) is 5.65 Å². The first kappa shape index (κ1) is 27.7. The topological polar surface area (TPSA) is 111 Å². The number of piperidine rings is 2. The van der Waals surface area contributed by atoms with E-state index in [4.69, 9.17) is 9.72 Å². The Morgan fingerprint density at radius 2 is 1.76 bits per heavy atom. The molecule has 1 N–H and O–H groups in total. The molecule has 9 nitrogen and oxygen atoms in total. The van der Waals surface area contributed by atoms with Crippen LogP contribution in [-0.4, -0.2) is 81.4 Å². The van der Waals surface area contributed by atoms with Gasteiger partial charge < -0.3 is 14.6 Å². The highest BCUT2D eigenvalue weighted by Gasteiger charge is 2.24. The number of nitriles is 1. The number of fused-ring (bicyclic) bond motifs is 1. The van der Waals surface area contributed by atoms with Crippen molar-refractivity contribution >= 4 is 17.6 Å². The third-order valence-electron chi connectivity index (χ3n) is 8.21. The summed E-state index contributed by atoms with van der Waals surface area (Å²) in [5.74, 6) is 1.53. The van der Waals surface area contributed by atoms with Crippen LogP contribution in [0.25, 0.3) is 33.8 Å². The maximum Gasteiger partial charge on any atom is 0.251 e. The minimum atomic E-state index is -2.29. The molecular weight excluding hydrogens is 540 g/mol. The molecule has 0 bridgehead atoms. The normalized spacial score (nSPS) is 17.0. The number of aromatic nitrogens is 4. The van der Waals surface area contributed by atoms with Crippen molar-refractivity contribution in [3.63, 3.8) is 0 Å². The molecule has 0 radical (unpaired) electrons. The Bertz CT molecular complexity index is 1590. The van der Waals surface area contributed by atoms with Gasteiger partial charge in [0.1, 0.15) is 41.3 Å². The fourth-order valence-electron chi connectivity index (χ4n) is 5.88. The average molecular weight is 572 g/mol. The first-order valence-corrected chi connectivity index (χ1v) is 14.2. The van der Waals surface area contributed by atoms with E-state index < -0.39 is 6.43 Å². The maximum absolute atomic E-state index is 12.7. The summed E-state index contributed by atoms with van der Waals surface area (Å²) >= 11 is 0. The van der Waals surface area contributed by atoms with Crippen LogP contribution in [0.4, 0.5) is 8.78 Å². The van der Waals surface area contributed by atoms with Crippen molar-refractivity contribution < 1.29 is 18.3 Å². The van der Waals surface area contributed by atoms with Crippen LogP contribution in [0.5, 0.6) is 5.75 Å². The lowest BCUT2D eigenvalue weighted by Gasteiger charge is -2.31. The number of hydrogen-bond acceptors (Lipinski definition) is 7. The Morgan fingerprint density at radius 3 is 2.45 bits per heavy atom. The van der Waals surface area contributed by atoms with Crippen molar-refractivity contribution in [2.24, 2.45) is 0 Å². The van der Waals surface area contributed by atoms with Crippen LogP contribution in [0, 0.1) is 11.3 Å². The van der Waals surface area contributed by atoms with E-state index in [-0.39, 0.29) is 12.6 Å². The van der Waals surface area contributed by atoms with E-state index in [1.807, 2.05) is 23.1 Å². The summed E-state index contributed by atoms with van der Waals surface area (Å²) in [5.41, 5.74) is 5.04. The van der Waals surface area contributed by atoms with Gasteiger partial charge in [0.25, 0.3) is 6.43 Å². The molecule has 2 aromatic heterocycles. The molecule has 2 fully saturated rings. The van der Waals surface area contributed by atoms with Crippen molar-refractivity contribution in [3.8, 4) is 34.5 Å². The first-order valence-electron chi connectivity index (χ1n) is 14.2. The zero-order valence-corrected chi connectivity index (χ0v) is 23.0. The second-order valence-corrected chi connectivity index (χ2v) is 10.9. The molecule has 4 aromatic rings. The zero-order chi connectivity index (χ0) is 29.1. The Hall–Kier alpha value is -4.43. The van der Waals surface area contributed by atoms with Crippen LogP contribution in [0.15, 0.2) is 48.8 Å². The summed E-state index contributed by atoms with van der Waals surface area (Å²) in [5, 5.41) is 9.86. The van der Waals surface area contributed by atoms with E-state index in [1.54, 1.807) is 17.0 Å². The van der Waals surface area contributed by atoms with E-state index in [0.717, 1.165) is 43.2 Å². The molecule has 2 aliphatic rings. The number of alkyl halides is 2. The number of carbonyl (C=O) groups excluding carboxylic acids is 1. The minimum Gasteiger partial charge on any atom is -0.489 e. The number of carbonyl (C=O) groups is 1. The molecular formula is C31H31F2N7O2. The molecule has 216 valence electrons. The monoisotopic (exact) mass is 571 g/mol. The summed E-state index contributed by atoms with van der Waals surface area (Å²) in [6, 6.07) is 15.9. The van der Waals surface area contributed by atoms with E-state index in [2.05, 4.69) is 33.2 Å². The summed E-state index contributed by atoms with van der Waals surface area (Å²) < 4.78 is 31.5. The molecule has 0 spiro atoms. The zero-order valence-electron chi connectivity index (χ0n) is 23.0. The molecule has 0 aliphatic carbocycles. The van der Waals surface area contributed by atoms with Crippen LogP contribution in [0.2, 0.25) is 0 Å². The fourth-order valence-corrected chi connectivity index (χ4v) is 5.88. The van der Waals surface area contributed by atoms with E-state index in [9.17, 15) is 18.8 Å². The second-order valence-electron chi connectivity index (χ2n) is 10.9. The lowest BCUT2D eigenvalue weighted by molar-refractivity contribution is -0.119. The average Bonchev–Trinajstić information content (AvgIpc) is 3.47. The number of amides is 1. The van der Waals surface area contributed by atoms with Crippen molar-refractivity contribution in [3.05, 3.63) is 59.9 Å². The molecule has 2 saturated heterocycles. The Kier molecular flexibility index (Phi) is 8.06. The predicted molar refractivity (Wildman–Crippen MR) is 153 cm³/mol. The number of likely N-dealkylation sites (tertiary alicyclic amines) is 2. The minimum absolute atomic E-state index is 0.0523. The maximum atomic E-state index is 12.7. The van der Waals surface area contributed by atoms with Crippen LogP contribution in [0.3, 0.4) is 0 Å². The lowest BCUT2D eigenvalue weighted by Crippen LogP contribution is -2.37. The van der Waals surface area contributed by atoms with Gasteiger partial charge in [-0.05, 0) is 55.6 Å². The number of nitrogens with one attached hydrogen (secondary N) is 1. The number of rotatable bonds is 8. The highest BCUT2D eigenvalue weighted by Crippen LogP contribution is 2.33. The number of halogens is 2. The summed E-state index contributed by atoms with van der Waals surface area (Å²) in [6.07, 6.45) is 3.15. The molecule has 2 aromatic carbocycles. The van der Waals surface area contributed by atoms with Gasteiger partial charge in [0.2, 0.25) is 6.41 Å². The third kappa shape index (κ3) is 5.94. The molecule has 1 amide bonds. The Morgan fingerprint density at radius 1 is 1.02 bits per heavy atom. The van der Waals surface area contributed by atoms with Crippen LogP contribution in [-0.2, 0) is 4.79 Å². The number of imidazole rings is 1. The van der Waals surface area contributed by atoms with Crippen molar-refractivity contribution in [1.29, 1.82) is 5.26 Å². The van der Waals surface area contributed by atoms with Crippen LogP contribution < -0.4 is 4.74 Å². The lowest BCUT2D eigenvalue weighted by atomic mass is 9.89. The van der Waals surface area contributed by atoms with Crippen molar-refractivity contribution in [2.75, 3.05) is 32.7 Å². The molecule has 6 rings (SSSR count). The number of nitrogens with zero attached hydrogens (tertiary/aromatic N) is 6. The summed E-state index contributed by atoms with van der Waals surface area (Å²) in [4.78, 5) is 31.5. The SMILES string of the molecule is N#Cc1cc(-c2ncnc3[nH]c(-c4ccc(C5CCN(CC(F)F)CC5)cc4)nc23)ccc1OC1CCN(C=O)CC1. The summed E-state index contributed by atoms with van der Waals surface area (Å²) in [6.45, 7) is 2.49. The van der Waals surface area contributed by atoms with Crippen molar-refractivity contribution in [1.82, 2.24) is 29.7 Å². The van der Waals surface area contributed by atoms with Gasteiger partial charge in [0, 0.05) is 37.1 Å². The number of benzene rings is 2. The molecule has 0 atom stereocenters. The van der Waals surface area contributed by atoms with Gasteiger partial charge in [-0.2, -0.15) is 5.26 Å². The Balaban J connectivity index is 1.19. The smallest absolute Gasteiger partial charge is 0.251 e. The standard InChI is InChI=1S/C31H31F2N7O2/c32-27(33)17-39-11-7-21(8-12-39)20-1-3-22(4-2-20)30-37-29-28(35-18-36-31(29)38-30)23-5-6-26(24(15-23)16-34)42-25-9-13-40(19-41)14-10-25/h1-6,15,18-19,21,25,27H,7-14,17H2,(H,35,36,37,38). The fraction of sp³-hybridized carbons (Fsp3) is 0.387. The predicted octanol–water partition coefficient (Wildman–Crippen LogP) is 5.00. The Labute approximate surface area is 242 Å². The third-order valence-corrected chi connectivity index (χ3v) is 8.21. The first-order chi connectivity index (χ1) is 20.5. The van der Waals surface area contributed by atoms with E-state index in [1.165, 1.54) is 11.9 Å². The van der Waals surface area contributed by atoms with E-state index >= 15 is 0 Å². The van der Waals surface area contributed by atoms with Crippen molar-refractivity contribution in [2.45, 2.75) is 44.1 Å². The molecule has 0 saturated carbocycles. The number of H-pyrrole nitrogens is 1.